The minimum Gasteiger partial charge on any atom is -0.424 e. The van der Waals surface area contributed by atoms with Crippen molar-refractivity contribution in [3.63, 3.8) is 0 Å². The molecule has 0 bridgehead atoms. The van der Waals surface area contributed by atoms with Crippen LogP contribution in [-0.2, 0) is 4.79 Å². The zero-order valence-corrected chi connectivity index (χ0v) is 10.2. The highest BCUT2D eigenvalue weighted by Crippen LogP contribution is 2.34. The lowest BCUT2D eigenvalue weighted by Crippen LogP contribution is -2.08. The van der Waals surface area contributed by atoms with E-state index in [0.29, 0.717) is 17.9 Å². The number of benzene rings is 2. The number of nitrogen functional groups attached to an aromatic ring is 1. The molecular weight excluding hydrogens is 226 g/mol. The Morgan fingerprint density at radius 1 is 1.11 bits per heavy atom. The minimum absolute atomic E-state index is 0.287. The van der Waals surface area contributed by atoms with Gasteiger partial charge in [-0.25, -0.2) is 0 Å². The standard InChI is InChI=1S/C15H15NO2/c1-2-14(17)18-15-12(9-6-10-13(15)16)11-7-4-3-5-8-11/h3-10H,2,16H2,1H3. The first-order valence-corrected chi connectivity index (χ1v) is 5.87. The average molecular weight is 241 g/mol. The van der Waals surface area contributed by atoms with E-state index in [2.05, 4.69) is 0 Å². The molecular formula is C15H15NO2. The maximum absolute atomic E-state index is 11.4. The highest BCUT2D eigenvalue weighted by atomic mass is 16.5. The molecule has 0 aromatic heterocycles. The van der Waals surface area contributed by atoms with Gasteiger partial charge in [0, 0.05) is 12.0 Å². The van der Waals surface area contributed by atoms with Gasteiger partial charge in [-0.15, -0.1) is 0 Å². The number of esters is 1. The fourth-order valence-electron chi connectivity index (χ4n) is 1.70. The van der Waals surface area contributed by atoms with Crippen LogP contribution in [0.4, 0.5) is 5.69 Å². The topological polar surface area (TPSA) is 52.3 Å². The highest BCUT2D eigenvalue weighted by molar-refractivity contribution is 5.82. The van der Waals surface area contributed by atoms with Crippen LogP contribution in [0, 0.1) is 0 Å². The zero-order chi connectivity index (χ0) is 13.0. The van der Waals surface area contributed by atoms with Gasteiger partial charge < -0.3 is 10.5 Å². The second-order valence-electron chi connectivity index (χ2n) is 3.92. The van der Waals surface area contributed by atoms with Crippen LogP contribution in [0.1, 0.15) is 13.3 Å². The lowest BCUT2D eigenvalue weighted by Gasteiger charge is -2.12. The SMILES string of the molecule is CCC(=O)Oc1c(N)cccc1-c1ccccc1. The molecule has 0 atom stereocenters. The van der Waals surface area contributed by atoms with E-state index in [1.165, 1.54) is 0 Å². The summed E-state index contributed by atoms with van der Waals surface area (Å²) in [6, 6.07) is 15.2. The van der Waals surface area contributed by atoms with Gasteiger partial charge in [-0.05, 0) is 11.6 Å². The number of nitrogens with two attached hydrogens (primary N) is 1. The lowest BCUT2D eigenvalue weighted by atomic mass is 10.0. The van der Waals surface area contributed by atoms with Crippen molar-refractivity contribution in [2.75, 3.05) is 5.73 Å². The number of carbonyl (C=O) groups is 1. The number of rotatable bonds is 3. The van der Waals surface area contributed by atoms with Gasteiger partial charge in [0.15, 0.2) is 5.75 Å². The van der Waals surface area contributed by atoms with Gasteiger partial charge in [0.05, 0.1) is 5.69 Å². The number of ether oxygens (including phenoxy) is 1. The number of anilines is 1. The number of hydrogen-bond acceptors (Lipinski definition) is 3. The summed E-state index contributed by atoms with van der Waals surface area (Å²) in [5.74, 6) is 0.153. The third-order valence-corrected chi connectivity index (χ3v) is 2.63. The van der Waals surface area contributed by atoms with Crippen molar-refractivity contribution < 1.29 is 9.53 Å². The van der Waals surface area contributed by atoms with Gasteiger partial charge in [0.25, 0.3) is 0 Å². The molecule has 0 fully saturated rings. The lowest BCUT2D eigenvalue weighted by molar-refractivity contribution is -0.133. The third-order valence-electron chi connectivity index (χ3n) is 2.63. The van der Waals surface area contributed by atoms with Gasteiger partial charge in [0.1, 0.15) is 0 Å². The molecule has 18 heavy (non-hydrogen) atoms. The van der Waals surface area contributed by atoms with Crippen molar-refractivity contribution in [3.05, 3.63) is 48.5 Å². The largest absolute Gasteiger partial charge is 0.424 e. The van der Waals surface area contributed by atoms with Gasteiger partial charge in [-0.1, -0.05) is 49.4 Å². The molecule has 0 spiro atoms. The highest BCUT2D eigenvalue weighted by Gasteiger charge is 2.12. The van der Waals surface area contributed by atoms with Crippen LogP contribution in [0.15, 0.2) is 48.5 Å². The minimum atomic E-state index is -0.287. The summed E-state index contributed by atoms with van der Waals surface area (Å²) >= 11 is 0. The van der Waals surface area contributed by atoms with Crippen LogP contribution < -0.4 is 10.5 Å². The Bertz CT molecular complexity index is 550. The summed E-state index contributed by atoms with van der Waals surface area (Å²) in [5.41, 5.74) is 8.16. The quantitative estimate of drug-likeness (QED) is 0.510. The molecule has 2 aromatic carbocycles. The van der Waals surface area contributed by atoms with Crippen LogP contribution in [0.2, 0.25) is 0 Å². The summed E-state index contributed by atoms with van der Waals surface area (Å²) in [6.45, 7) is 1.75. The summed E-state index contributed by atoms with van der Waals surface area (Å²) < 4.78 is 5.32. The molecule has 2 aromatic rings. The molecule has 0 saturated heterocycles. The van der Waals surface area contributed by atoms with E-state index >= 15 is 0 Å². The Labute approximate surface area is 106 Å². The second-order valence-corrected chi connectivity index (χ2v) is 3.92. The second kappa shape index (κ2) is 5.36. The van der Waals surface area contributed by atoms with Crippen LogP contribution in [0.25, 0.3) is 11.1 Å². The van der Waals surface area contributed by atoms with Crippen LogP contribution in [-0.4, -0.2) is 5.97 Å². The van der Waals surface area contributed by atoms with Crippen LogP contribution in [0.3, 0.4) is 0 Å². The molecule has 92 valence electrons. The van der Waals surface area contributed by atoms with Crippen molar-refractivity contribution >= 4 is 11.7 Å². The Hall–Kier alpha value is -2.29. The van der Waals surface area contributed by atoms with E-state index in [0.717, 1.165) is 11.1 Å². The van der Waals surface area contributed by atoms with Gasteiger partial charge in [-0.3, -0.25) is 4.79 Å². The van der Waals surface area contributed by atoms with E-state index < -0.39 is 0 Å². The Kier molecular flexibility index (Phi) is 3.63. The summed E-state index contributed by atoms with van der Waals surface area (Å²) in [6.07, 6.45) is 0.322. The van der Waals surface area contributed by atoms with Crippen molar-refractivity contribution in [1.29, 1.82) is 0 Å². The number of hydrogen-bond donors (Lipinski definition) is 1. The van der Waals surface area contributed by atoms with E-state index in [4.69, 9.17) is 10.5 Å². The maximum Gasteiger partial charge on any atom is 0.310 e. The number of para-hydroxylation sites is 1. The van der Waals surface area contributed by atoms with Crippen molar-refractivity contribution in [2.45, 2.75) is 13.3 Å². The van der Waals surface area contributed by atoms with Crippen molar-refractivity contribution in [3.8, 4) is 16.9 Å². The molecule has 0 aliphatic carbocycles. The molecule has 3 nitrogen and oxygen atoms in total. The molecule has 0 radical (unpaired) electrons. The van der Waals surface area contributed by atoms with Gasteiger partial charge in [0.2, 0.25) is 0 Å². The average Bonchev–Trinajstić information content (AvgIpc) is 2.42. The summed E-state index contributed by atoms with van der Waals surface area (Å²) in [4.78, 5) is 11.4. The molecule has 0 saturated carbocycles. The Morgan fingerprint density at radius 2 is 1.83 bits per heavy atom. The van der Waals surface area contributed by atoms with Crippen molar-refractivity contribution in [1.82, 2.24) is 0 Å². The smallest absolute Gasteiger partial charge is 0.310 e. The van der Waals surface area contributed by atoms with Crippen molar-refractivity contribution in [2.24, 2.45) is 0 Å². The fourth-order valence-corrected chi connectivity index (χ4v) is 1.70. The normalized spacial score (nSPS) is 10.1. The molecule has 2 N–H and O–H groups in total. The third kappa shape index (κ3) is 2.51. The predicted molar refractivity (Wildman–Crippen MR) is 72.2 cm³/mol. The summed E-state index contributed by atoms with van der Waals surface area (Å²) in [7, 11) is 0. The van der Waals surface area contributed by atoms with Gasteiger partial charge >= 0.3 is 5.97 Å². The first kappa shape index (κ1) is 12.2. The first-order valence-electron chi connectivity index (χ1n) is 5.87. The molecule has 2 rings (SSSR count). The molecule has 0 heterocycles. The van der Waals surface area contributed by atoms with Crippen LogP contribution in [0.5, 0.6) is 5.75 Å². The molecule has 0 aliphatic heterocycles. The van der Waals surface area contributed by atoms with E-state index in [1.807, 2.05) is 42.5 Å². The predicted octanol–water partition coefficient (Wildman–Crippen LogP) is 3.25. The van der Waals surface area contributed by atoms with E-state index in [1.54, 1.807) is 13.0 Å². The molecule has 0 unspecified atom stereocenters. The Balaban J connectivity index is 2.48. The fraction of sp³-hybridized carbons (Fsp3) is 0.133. The molecule has 3 heteroatoms. The molecule has 0 aliphatic rings. The molecule has 0 amide bonds. The Morgan fingerprint density at radius 3 is 2.50 bits per heavy atom. The monoisotopic (exact) mass is 241 g/mol. The number of carbonyl (C=O) groups excluding carboxylic acids is 1. The van der Waals surface area contributed by atoms with E-state index in [-0.39, 0.29) is 5.97 Å². The maximum atomic E-state index is 11.4. The summed E-state index contributed by atoms with van der Waals surface area (Å²) in [5, 5.41) is 0. The van der Waals surface area contributed by atoms with E-state index in [9.17, 15) is 4.79 Å². The van der Waals surface area contributed by atoms with Gasteiger partial charge in [-0.2, -0.15) is 0 Å². The zero-order valence-electron chi connectivity index (χ0n) is 10.2. The van der Waals surface area contributed by atoms with Crippen LogP contribution >= 0.6 is 0 Å². The first-order chi connectivity index (χ1) is 8.72.